The predicted octanol–water partition coefficient (Wildman–Crippen LogP) is 42.9. The van der Waals surface area contributed by atoms with E-state index in [4.69, 9.17) is 24.1 Å². The van der Waals surface area contributed by atoms with E-state index >= 15 is 0 Å². The van der Waals surface area contributed by atoms with E-state index in [0.29, 0.717) is 25.2 Å². The van der Waals surface area contributed by atoms with Gasteiger partial charge in [-0.1, -0.05) is 331 Å². The molecule has 814 valence electrons. The van der Waals surface area contributed by atoms with Crippen LogP contribution in [-0.4, -0.2) is 65.2 Å². The number of carbonyl (C=O) groups is 1. The van der Waals surface area contributed by atoms with E-state index in [0.717, 1.165) is 111 Å². The number of allylic oxidation sites excluding steroid dienone is 34. The van der Waals surface area contributed by atoms with Gasteiger partial charge in [-0.05, 0) is 448 Å². The molecule has 141 heavy (non-hydrogen) atoms. The molecule has 1 aliphatic heterocycles. The second-order valence-corrected chi connectivity index (χ2v) is 43.2. The van der Waals surface area contributed by atoms with E-state index in [1.54, 1.807) is 24.6 Å². The van der Waals surface area contributed by atoms with Gasteiger partial charge in [-0.25, -0.2) is 0 Å². The van der Waals surface area contributed by atoms with E-state index in [1.165, 1.54) is 228 Å². The summed E-state index contributed by atoms with van der Waals surface area (Å²) in [5.41, 5.74) is 29.0. The van der Waals surface area contributed by atoms with Crippen LogP contribution in [0.25, 0.3) is 0 Å². The summed E-state index contributed by atoms with van der Waals surface area (Å²) in [6, 6.07) is 0. The number of hydrogen-bond donors (Lipinski definition) is 2. The van der Waals surface area contributed by atoms with Gasteiger partial charge in [-0.2, -0.15) is 0 Å². The molecule has 0 aromatic rings. The van der Waals surface area contributed by atoms with Crippen LogP contribution in [0, 0.1) is 41.4 Å². The third-order valence-electron chi connectivity index (χ3n) is 25.2. The van der Waals surface area contributed by atoms with E-state index in [9.17, 15) is 9.90 Å². The summed E-state index contributed by atoms with van der Waals surface area (Å²) in [6.07, 6.45) is 68.0. The molecule has 2 saturated carbocycles. The average Bonchev–Trinajstić information content (AvgIpc) is 1.60. The fourth-order valence-electron chi connectivity index (χ4n) is 15.1. The molecule has 11 atom stereocenters. The number of rotatable bonds is 41. The lowest BCUT2D eigenvalue weighted by atomic mass is 9.80. The number of aliphatic hydroxyl groups is 2. The van der Waals surface area contributed by atoms with Crippen LogP contribution in [0.15, 0.2) is 286 Å². The fourth-order valence-corrected chi connectivity index (χ4v) is 15.1. The first-order chi connectivity index (χ1) is 64.6. The summed E-state index contributed by atoms with van der Waals surface area (Å²) in [7, 11) is 0. The van der Waals surface area contributed by atoms with E-state index in [1.807, 2.05) is 33.8 Å². The van der Waals surface area contributed by atoms with Crippen LogP contribution >= 0.6 is 0 Å². The van der Waals surface area contributed by atoms with Gasteiger partial charge in [0.2, 0.25) is 0 Å². The maximum atomic E-state index is 10.8. The summed E-state index contributed by atoms with van der Waals surface area (Å²) in [5, 5.41) is 18.4. The quantitative estimate of drug-likeness (QED) is 0.0207. The van der Waals surface area contributed by atoms with Crippen molar-refractivity contribution in [2.24, 2.45) is 41.4 Å². The molecule has 2 N–H and O–H groups in total. The van der Waals surface area contributed by atoms with Crippen LogP contribution in [0.5, 0.6) is 0 Å². The average molecular weight is 1960 g/mol. The van der Waals surface area contributed by atoms with Gasteiger partial charge in [-0.15, -0.1) is 6.58 Å². The lowest BCUT2D eigenvalue weighted by Gasteiger charge is -2.26. The molecule has 5 aliphatic rings. The Morgan fingerprint density at radius 3 is 1.30 bits per heavy atom. The van der Waals surface area contributed by atoms with Crippen molar-refractivity contribution in [1.82, 2.24) is 0 Å². The first kappa shape index (κ1) is 152. The van der Waals surface area contributed by atoms with Crippen molar-refractivity contribution < 1.29 is 34.0 Å². The summed E-state index contributed by atoms with van der Waals surface area (Å²) in [4.78, 5) is 10.8. The Labute approximate surface area is 881 Å². The van der Waals surface area contributed by atoms with Crippen molar-refractivity contribution in [2.75, 3.05) is 19.8 Å². The molecule has 7 heteroatoms. The second-order valence-electron chi connectivity index (χ2n) is 43.2. The molecule has 7 unspecified atom stereocenters. The first-order valence-corrected chi connectivity index (χ1v) is 53.7. The van der Waals surface area contributed by atoms with Gasteiger partial charge >= 0.3 is 5.97 Å². The van der Waals surface area contributed by atoms with Crippen LogP contribution in [-0.2, 0) is 23.7 Å². The first-order valence-electron chi connectivity index (χ1n) is 53.7. The maximum absolute atomic E-state index is 10.8. The lowest BCUT2D eigenvalue weighted by molar-refractivity contribution is -0.151. The van der Waals surface area contributed by atoms with E-state index in [-0.39, 0.29) is 45.2 Å². The predicted molar refractivity (Wildman–Crippen MR) is 644 cm³/mol. The number of aliphatic hydroxyl groups excluding tert-OH is 1. The molecule has 0 spiro atoms. The number of esters is 1. The molecule has 0 bridgehead atoms. The van der Waals surface area contributed by atoms with Crippen molar-refractivity contribution >= 4 is 5.97 Å². The molecule has 0 amide bonds. The molecule has 0 aromatic heterocycles. The topological polar surface area (TPSA) is 97.8 Å². The van der Waals surface area contributed by atoms with Gasteiger partial charge in [0.25, 0.3) is 0 Å². The van der Waals surface area contributed by atoms with Crippen LogP contribution in [0.2, 0.25) is 0 Å². The zero-order valence-corrected chi connectivity index (χ0v) is 99.1. The minimum absolute atomic E-state index is 0. The summed E-state index contributed by atoms with van der Waals surface area (Å²) in [5.74, 6) is 4.64. The van der Waals surface area contributed by atoms with Crippen molar-refractivity contribution in [3.8, 4) is 0 Å². The molecular formula is C134H236O7. The number of epoxide rings is 1. The smallest absolute Gasteiger partial charge is 0.303 e. The highest BCUT2D eigenvalue weighted by Crippen LogP contribution is 2.50. The van der Waals surface area contributed by atoms with Crippen molar-refractivity contribution in [2.45, 2.75) is 500 Å². The summed E-state index contributed by atoms with van der Waals surface area (Å²) < 4.78 is 21.7. The SMILES string of the molecule is C.C.C=C(C)C(CO)CC=C(C)C.C=C(C)[C@@H]1CC=C(C)C(C)C1.C=C(C)[C@@H]1CCC2(C)OC2C1.C=C1C[C@H](C(=C)C)CC=C1C.C=C1C[C@H](C)CCC1=C(C)C.C=CC(=C)CCC=C(C)C.C=CC(C)(CCC=C(C)C)OC(C)=O.C=CC(C)(O)CCC=C(C)C.CC/C=C(/C)CCC=C(C)C.CC/C=C(/C)CCC=C(C)C.CCCC(C)CCC=C(C)C.CCOC(/C=C(\C)CCC=C(C)C)OCC. The molecule has 4 aliphatic carbocycles. The van der Waals surface area contributed by atoms with Gasteiger partial charge < -0.3 is 29.2 Å². The zero-order chi connectivity index (χ0) is 109. The van der Waals surface area contributed by atoms with Gasteiger partial charge in [0.05, 0.1) is 17.3 Å². The standard InChI is InChI=1S/C14H26O2.C12H20O2.C11H18.C11H16.C11H18.C11H22.2C11H20.C10H16O.2C10H18O.C10H16.2CH4/c1-6-15-14(16-7-2)11-13(5)10-8-9-12(3)4;1-6-12(5,14-11(4)13)9-7-8-10(2)3;2*1-8(2)11-6-5-9(3)10(4)7-11;1-8(2)11-6-5-9(3)7-10(11)4;3*1-5-7-11(4)9-6-8-10(2)3;1-7(2)8-4-5-10(3)9(6-8)11-10;1-8(2)5-6-10(7-11)9(3)4;1-5-10(4,11)8-6-7-9(2)3;1-5-10(4)8-6-7-9(2)3;;/h9,11,14H,6-8,10H2,1-5H3;6,8H,1,7,9H2,2-5H3;5,10-11H,1,6-7H2,2-4H3;5,11H,1,4,6-7H2,2-3H3;9H,4-7H2,1-3H3;8,11H,5-7,9H2,1-4H3;2*7-8H,5-6,9H2,1-4H3;8-9H,1,4-6H2,2-3H3;5,10-11H,3,6-7H2,1-2,4H3;5,7,11H,1,6,8H2,2-4H3;5,7H,1,4,6,8H2,2-3H3;2*1H4/b13-11+;;;;;;2*11-7-;;;;;;/t;;10?,11-;11-;9-;;;;8-,9?,10?;;;;;/m..111...1...../s1. The largest absolute Gasteiger partial charge is 0.455 e. The van der Waals surface area contributed by atoms with Gasteiger partial charge in [-0.3, -0.25) is 4.79 Å². The van der Waals surface area contributed by atoms with Crippen LogP contribution in [0.4, 0.5) is 0 Å². The minimum atomic E-state index is -0.702. The van der Waals surface area contributed by atoms with E-state index < -0.39 is 11.2 Å². The Balaban J connectivity index is -0.000000193. The molecule has 1 saturated heterocycles. The Morgan fingerprint density at radius 2 is 0.950 bits per heavy atom. The maximum Gasteiger partial charge on any atom is 0.303 e. The highest BCUT2D eigenvalue weighted by Gasteiger charge is 2.55. The third kappa shape index (κ3) is 96.3. The number of ether oxygens (including phenoxy) is 4. The zero-order valence-electron chi connectivity index (χ0n) is 99.1. The fraction of sp³-hybridized carbons (Fsp3) is 0.634. The monoisotopic (exact) mass is 1960 g/mol. The van der Waals surface area contributed by atoms with E-state index in [2.05, 4.69) is 373 Å². The molecule has 3 fully saturated rings. The van der Waals surface area contributed by atoms with Gasteiger partial charge in [0.1, 0.15) is 5.60 Å². The Kier molecular flexibility index (Phi) is 98.7. The molecule has 5 rings (SSSR count). The Bertz CT molecular complexity index is 3870. The van der Waals surface area contributed by atoms with Crippen molar-refractivity contribution in [1.29, 1.82) is 0 Å². The number of fused-ring (bicyclic) bond motifs is 1. The van der Waals surface area contributed by atoms with Gasteiger partial charge in [0, 0.05) is 32.7 Å². The highest BCUT2D eigenvalue weighted by atomic mass is 16.7. The van der Waals surface area contributed by atoms with Crippen molar-refractivity contribution in [3.63, 3.8) is 0 Å². The summed E-state index contributed by atoms with van der Waals surface area (Å²) >= 11 is 0. The molecule has 0 aromatic carbocycles. The van der Waals surface area contributed by atoms with Gasteiger partial charge in [0.15, 0.2) is 6.29 Å². The number of carbonyl (C=O) groups excluding carboxylic acids is 1. The molecule has 7 nitrogen and oxygen atoms in total. The normalized spacial score (nSPS) is 18.4. The minimum Gasteiger partial charge on any atom is -0.455 e. The molecule has 1 heterocycles. The van der Waals surface area contributed by atoms with Crippen molar-refractivity contribution in [3.05, 3.63) is 286 Å². The van der Waals surface area contributed by atoms with Crippen LogP contribution < -0.4 is 0 Å². The Hall–Kier alpha value is -6.97. The Morgan fingerprint density at radius 1 is 0.525 bits per heavy atom. The summed E-state index contributed by atoms with van der Waals surface area (Å²) in [6.45, 7) is 122. The van der Waals surface area contributed by atoms with Crippen LogP contribution in [0.1, 0.15) is 471 Å². The molecule has 0 radical (unpaired) electrons. The second kappa shape index (κ2) is 91.7. The third-order valence-corrected chi connectivity index (χ3v) is 25.2. The highest BCUT2D eigenvalue weighted by molar-refractivity contribution is 5.66. The molecular weight excluding hydrogens is 1720 g/mol. The van der Waals surface area contributed by atoms with Crippen LogP contribution in [0.3, 0.4) is 0 Å². The lowest BCUT2D eigenvalue weighted by Crippen LogP contribution is -2.27. The number of hydrogen-bond acceptors (Lipinski definition) is 7.